The van der Waals surface area contributed by atoms with E-state index in [9.17, 15) is 14.3 Å². The largest absolute Gasteiger partial charge is 0.478 e. The average molecular weight is 591 g/mol. The first-order valence-corrected chi connectivity index (χ1v) is 14.3. The Hall–Kier alpha value is -4.85. The molecule has 12 heteroatoms. The molecule has 1 atom stereocenters. The Balaban J connectivity index is 2.06. The standard InChI is InChI=1S/C30H23F3N5O3P/c1-37(2)16-10-12-19-21(14-16)42(41,18-8-6-5-7-9-18)22-15-17(38(3)4)11-13-20(22)23(19)24-25(30(39)40)26(31)28(33)29(27(24)32)35-36-34/h5-15H,1-4H3/p+1. The van der Waals surface area contributed by atoms with Crippen LogP contribution in [0.5, 0.6) is 0 Å². The Morgan fingerprint density at radius 1 is 1.02 bits per heavy atom. The Labute approximate surface area is 239 Å². The summed E-state index contributed by atoms with van der Waals surface area (Å²) in [4.78, 5) is 16.5. The Bertz CT molecular complexity index is 1920. The van der Waals surface area contributed by atoms with E-state index in [4.69, 9.17) is 5.53 Å². The van der Waals surface area contributed by atoms with Crippen LogP contribution in [-0.2, 0) is 4.57 Å². The first-order valence-electron chi connectivity index (χ1n) is 12.6. The minimum absolute atomic E-state index is 0.124. The molecule has 0 fully saturated rings. The van der Waals surface area contributed by atoms with Gasteiger partial charge in [0.05, 0.1) is 0 Å². The van der Waals surface area contributed by atoms with Gasteiger partial charge in [0.1, 0.15) is 31.2 Å². The second-order valence-electron chi connectivity index (χ2n) is 10.0. The molecule has 0 amide bonds. The van der Waals surface area contributed by atoms with Gasteiger partial charge in [0.2, 0.25) is 0 Å². The SMILES string of the molecule is CN(C)c1ccc2c(c1)P(=O)(c1ccccc1)C1=CC(=[N+](C)C)C=CC1=C2c1c(F)c(N=[N+]=[N-])c(F)c(F)c1C(=O)O. The van der Waals surface area contributed by atoms with E-state index in [-0.39, 0.29) is 27.3 Å². The molecule has 0 saturated heterocycles. The number of aromatic carboxylic acids is 1. The summed E-state index contributed by atoms with van der Waals surface area (Å²) in [6, 6.07) is 13.6. The zero-order chi connectivity index (χ0) is 30.5. The van der Waals surface area contributed by atoms with Crippen LogP contribution in [0.15, 0.2) is 82.8 Å². The van der Waals surface area contributed by atoms with Gasteiger partial charge >= 0.3 is 5.97 Å². The van der Waals surface area contributed by atoms with Crippen LogP contribution in [0, 0.1) is 17.5 Å². The Morgan fingerprint density at radius 3 is 2.31 bits per heavy atom. The number of azide groups is 1. The number of carbonyl (C=O) groups is 1. The van der Waals surface area contributed by atoms with Gasteiger partial charge in [0.25, 0.3) is 0 Å². The highest BCUT2D eigenvalue weighted by atomic mass is 31.2. The molecule has 3 aromatic carbocycles. The maximum absolute atomic E-state index is 16.2. The molecule has 2 aliphatic rings. The number of nitrogens with zero attached hydrogens (tertiary/aromatic N) is 5. The molecule has 5 rings (SSSR count). The number of benzene rings is 3. The van der Waals surface area contributed by atoms with Crippen molar-refractivity contribution in [1.29, 1.82) is 0 Å². The first-order chi connectivity index (χ1) is 19.9. The van der Waals surface area contributed by atoms with Crippen molar-refractivity contribution in [2.45, 2.75) is 0 Å². The second-order valence-corrected chi connectivity index (χ2v) is 12.7. The van der Waals surface area contributed by atoms with E-state index in [1.165, 1.54) is 0 Å². The van der Waals surface area contributed by atoms with Crippen LogP contribution in [0.4, 0.5) is 24.5 Å². The van der Waals surface area contributed by atoms with E-state index in [2.05, 4.69) is 10.0 Å². The molecule has 1 aliphatic heterocycles. The highest BCUT2D eigenvalue weighted by Crippen LogP contribution is 2.62. The molecule has 1 unspecified atom stereocenters. The van der Waals surface area contributed by atoms with E-state index in [0.29, 0.717) is 16.7 Å². The normalized spacial score (nSPS) is 17.2. The zero-order valence-electron chi connectivity index (χ0n) is 22.9. The van der Waals surface area contributed by atoms with Crippen LogP contribution in [0.25, 0.3) is 16.0 Å². The third kappa shape index (κ3) is 4.26. The third-order valence-corrected chi connectivity index (χ3v) is 10.4. The molecule has 1 heterocycles. The molecule has 0 bridgehead atoms. The van der Waals surface area contributed by atoms with Crippen molar-refractivity contribution >= 4 is 46.4 Å². The van der Waals surface area contributed by atoms with Gasteiger partial charge in [-0.05, 0) is 34.9 Å². The lowest BCUT2D eigenvalue weighted by molar-refractivity contribution is -0.462. The summed E-state index contributed by atoms with van der Waals surface area (Å²) in [6.45, 7) is 0. The van der Waals surface area contributed by atoms with E-state index in [0.717, 1.165) is 0 Å². The summed E-state index contributed by atoms with van der Waals surface area (Å²) in [6.07, 6.45) is 4.89. The lowest BCUT2D eigenvalue weighted by Gasteiger charge is -2.34. The minimum atomic E-state index is -3.73. The smallest absolute Gasteiger partial charge is 0.339 e. The number of allylic oxidation sites excluding steroid dienone is 5. The second kappa shape index (κ2) is 10.5. The molecule has 0 radical (unpaired) electrons. The fraction of sp³-hybridized carbons (Fsp3) is 0.133. The fourth-order valence-corrected chi connectivity index (χ4v) is 8.30. The van der Waals surface area contributed by atoms with Gasteiger partial charge in [0, 0.05) is 63.9 Å². The average Bonchev–Trinajstić information content (AvgIpc) is 2.97. The maximum atomic E-state index is 16.2. The number of anilines is 1. The van der Waals surface area contributed by atoms with Gasteiger partial charge in [-0.1, -0.05) is 41.5 Å². The first kappa shape index (κ1) is 28.7. The van der Waals surface area contributed by atoms with Crippen molar-refractivity contribution in [3.8, 4) is 0 Å². The predicted molar refractivity (Wildman–Crippen MR) is 157 cm³/mol. The van der Waals surface area contributed by atoms with Crippen LogP contribution < -0.4 is 15.5 Å². The number of fused-ring (bicyclic) bond motifs is 2. The molecular weight excluding hydrogens is 566 g/mol. The van der Waals surface area contributed by atoms with Gasteiger partial charge in [0.15, 0.2) is 24.5 Å². The van der Waals surface area contributed by atoms with E-state index in [1.54, 1.807) is 104 Å². The monoisotopic (exact) mass is 590 g/mol. The molecule has 8 nitrogen and oxygen atoms in total. The van der Waals surface area contributed by atoms with Gasteiger partial charge in [-0.2, -0.15) is 0 Å². The van der Waals surface area contributed by atoms with Crippen molar-refractivity contribution in [1.82, 2.24) is 0 Å². The summed E-state index contributed by atoms with van der Waals surface area (Å²) in [5, 5.41) is 14.0. The van der Waals surface area contributed by atoms with Gasteiger partial charge in [-0.25, -0.2) is 22.5 Å². The van der Waals surface area contributed by atoms with Crippen molar-refractivity contribution in [2.24, 2.45) is 5.11 Å². The molecule has 1 N–H and O–H groups in total. The van der Waals surface area contributed by atoms with Crippen LogP contribution in [0.3, 0.4) is 0 Å². The molecule has 0 spiro atoms. The molecule has 3 aromatic rings. The molecule has 212 valence electrons. The van der Waals surface area contributed by atoms with E-state index in [1.807, 2.05) is 0 Å². The fourth-order valence-electron chi connectivity index (χ4n) is 5.22. The zero-order valence-corrected chi connectivity index (χ0v) is 23.8. The number of halogens is 3. The van der Waals surface area contributed by atoms with E-state index < -0.39 is 47.4 Å². The van der Waals surface area contributed by atoms with Crippen LogP contribution in [0.2, 0.25) is 0 Å². The number of rotatable bonds is 5. The molecule has 42 heavy (non-hydrogen) atoms. The van der Waals surface area contributed by atoms with Crippen LogP contribution >= 0.6 is 7.14 Å². The molecule has 1 aliphatic carbocycles. The summed E-state index contributed by atoms with van der Waals surface area (Å²) < 4.78 is 63.7. The van der Waals surface area contributed by atoms with Crippen LogP contribution in [0.1, 0.15) is 21.5 Å². The number of hydrogen-bond donors (Lipinski definition) is 1. The molecule has 0 aromatic heterocycles. The van der Waals surface area contributed by atoms with Crippen LogP contribution in [-0.4, -0.2) is 49.6 Å². The third-order valence-electron chi connectivity index (χ3n) is 7.24. The quantitative estimate of drug-likeness (QED) is 0.0966. The Kier molecular flexibility index (Phi) is 7.18. The number of carboxylic acids is 1. The van der Waals surface area contributed by atoms with Gasteiger partial charge < -0.3 is 14.6 Å². The number of hydrogen-bond acceptors (Lipinski definition) is 4. The van der Waals surface area contributed by atoms with E-state index >= 15 is 13.3 Å². The van der Waals surface area contributed by atoms with Crippen molar-refractivity contribution in [3.05, 3.63) is 122 Å². The summed E-state index contributed by atoms with van der Waals surface area (Å²) in [7, 11) is 3.40. The highest BCUT2D eigenvalue weighted by molar-refractivity contribution is 7.83. The lowest BCUT2D eigenvalue weighted by Crippen LogP contribution is -2.29. The van der Waals surface area contributed by atoms with Crippen molar-refractivity contribution in [2.75, 3.05) is 33.1 Å². The Morgan fingerprint density at radius 2 is 1.71 bits per heavy atom. The van der Waals surface area contributed by atoms with Gasteiger partial charge in [-0.15, -0.1) is 0 Å². The lowest BCUT2D eigenvalue weighted by atomic mass is 9.86. The summed E-state index contributed by atoms with van der Waals surface area (Å²) in [5.41, 5.74) is 7.04. The number of carboxylic acid groups (broad SMARTS) is 1. The highest BCUT2D eigenvalue weighted by Gasteiger charge is 2.45. The van der Waals surface area contributed by atoms with Crippen molar-refractivity contribution in [3.63, 3.8) is 0 Å². The van der Waals surface area contributed by atoms with Crippen molar-refractivity contribution < 1.29 is 32.2 Å². The summed E-state index contributed by atoms with van der Waals surface area (Å²) in [5.74, 6) is -7.30. The molecular formula is C30H24F3N5O3P+. The maximum Gasteiger partial charge on any atom is 0.339 e. The molecule has 0 saturated carbocycles. The minimum Gasteiger partial charge on any atom is -0.478 e. The van der Waals surface area contributed by atoms with Gasteiger partial charge in [-0.3, -0.25) is 0 Å². The predicted octanol–water partition coefficient (Wildman–Crippen LogP) is 6.11. The summed E-state index contributed by atoms with van der Waals surface area (Å²) >= 11 is 0. The topological polar surface area (TPSA) is 109 Å².